The fourth-order valence-electron chi connectivity index (χ4n) is 2.65. The van der Waals surface area contributed by atoms with Crippen LogP contribution in [0.1, 0.15) is 24.1 Å². The summed E-state index contributed by atoms with van der Waals surface area (Å²) in [6.07, 6.45) is 0.405. The number of carbonyl (C=O) groups is 2. The van der Waals surface area contributed by atoms with Crippen molar-refractivity contribution in [3.8, 4) is 0 Å². The molecule has 2 aliphatic heterocycles. The summed E-state index contributed by atoms with van der Waals surface area (Å²) in [5.41, 5.74) is 2.85. The van der Waals surface area contributed by atoms with Crippen molar-refractivity contribution >= 4 is 17.5 Å². The Kier molecular flexibility index (Phi) is 3.90. The zero-order valence-electron chi connectivity index (χ0n) is 11.9. The van der Waals surface area contributed by atoms with Crippen LogP contribution in [-0.2, 0) is 20.7 Å². The summed E-state index contributed by atoms with van der Waals surface area (Å²) in [4.78, 5) is 23.5. The van der Waals surface area contributed by atoms with Crippen LogP contribution in [0.4, 0.5) is 5.69 Å². The van der Waals surface area contributed by atoms with E-state index in [1.54, 1.807) is 0 Å². The Bertz CT molecular complexity index is 567. The second-order valence-corrected chi connectivity index (χ2v) is 5.45. The molecule has 0 unspecified atom stereocenters. The summed E-state index contributed by atoms with van der Waals surface area (Å²) < 4.78 is 5.29. The van der Waals surface area contributed by atoms with Gasteiger partial charge in [0.15, 0.2) is 0 Å². The maximum absolute atomic E-state index is 12.1. The van der Waals surface area contributed by atoms with Gasteiger partial charge in [-0.15, -0.1) is 0 Å². The highest BCUT2D eigenvalue weighted by atomic mass is 16.5. The third kappa shape index (κ3) is 3.06. The monoisotopic (exact) mass is 289 g/mol. The molecule has 0 aromatic heterocycles. The lowest BCUT2D eigenvalue weighted by Crippen LogP contribution is -2.51. The molecule has 0 aliphatic carbocycles. The Labute approximate surface area is 123 Å². The van der Waals surface area contributed by atoms with E-state index in [-0.39, 0.29) is 23.9 Å². The molecule has 2 heterocycles. The summed E-state index contributed by atoms with van der Waals surface area (Å²) in [6, 6.07) is 5.39. The number of nitrogens with one attached hydrogen (secondary N) is 3. The van der Waals surface area contributed by atoms with Crippen molar-refractivity contribution in [1.82, 2.24) is 10.6 Å². The van der Waals surface area contributed by atoms with E-state index in [0.717, 1.165) is 16.8 Å². The van der Waals surface area contributed by atoms with Gasteiger partial charge in [-0.25, -0.2) is 0 Å². The standard InChI is InChI=1S/C15H19N3O3/c1-9(17-15(20)13-8-21-5-4-16-13)10-2-3-12-11(6-10)7-14(19)18-12/h2-3,6,9,13,16H,4-5,7-8H2,1H3,(H,17,20)(H,18,19)/t9-,13+/m1/s1. The minimum atomic E-state index is -0.293. The first-order valence-electron chi connectivity index (χ1n) is 7.17. The van der Waals surface area contributed by atoms with E-state index in [1.807, 2.05) is 25.1 Å². The van der Waals surface area contributed by atoms with E-state index in [4.69, 9.17) is 4.74 Å². The lowest BCUT2D eigenvalue weighted by atomic mass is 10.0. The predicted molar refractivity (Wildman–Crippen MR) is 77.9 cm³/mol. The van der Waals surface area contributed by atoms with Gasteiger partial charge in [-0.05, 0) is 24.1 Å². The van der Waals surface area contributed by atoms with Gasteiger partial charge in [-0.1, -0.05) is 12.1 Å². The molecule has 112 valence electrons. The van der Waals surface area contributed by atoms with Crippen LogP contribution >= 0.6 is 0 Å². The van der Waals surface area contributed by atoms with Crippen molar-refractivity contribution in [2.75, 3.05) is 25.1 Å². The lowest BCUT2D eigenvalue weighted by molar-refractivity contribution is -0.126. The molecule has 0 saturated carbocycles. The van der Waals surface area contributed by atoms with Crippen molar-refractivity contribution in [3.05, 3.63) is 29.3 Å². The minimum absolute atomic E-state index is 0.0161. The minimum Gasteiger partial charge on any atom is -0.378 e. The second-order valence-electron chi connectivity index (χ2n) is 5.45. The third-order valence-electron chi connectivity index (χ3n) is 3.85. The number of rotatable bonds is 3. The van der Waals surface area contributed by atoms with E-state index in [9.17, 15) is 9.59 Å². The predicted octanol–water partition coefficient (Wildman–Crippen LogP) is 0.347. The van der Waals surface area contributed by atoms with Crippen LogP contribution < -0.4 is 16.0 Å². The van der Waals surface area contributed by atoms with Crippen molar-refractivity contribution < 1.29 is 14.3 Å². The number of hydrogen-bond acceptors (Lipinski definition) is 4. The zero-order valence-corrected chi connectivity index (χ0v) is 11.9. The number of fused-ring (bicyclic) bond motifs is 1. The highest BCUT2D eigenvalue weighted by Crippen LogP contribution is 2.26. The molecule has 3 rings (SSSR count). The fraction of sp³-hybridized carbons (Fsp3) is 0.467. The Morgan fingerprint density at radius 1 is 1.48 bits per heavy atom. The molecular weight excluding hydrogens is 270 g/mol. The van der Waals surface area contributed by atoms with Gasteiger partial charge < -0.3 is 20.7 Å². The molecule has 0 radical (unpaired) electrons. The average Bonchev–Trinajstić information content (AvgIpc) is 2.87. The van der Waals surface area contributed by atoms with Crippen molar-refractivity contribution in [2.24, 2.45) is 0 Å². The van der Waals surface area contributed by atoms with E-state index < -0.39 is 0 Å². The molecule has 2 aliphatic rings. The van der Waals surface area contributed by atoms with Gasteiger partial charge in [-0.2, -0.15) is 0 Å². The maximum atomic E-state index is 12.1. The molecule has 2 atom stereocenters. The molecule has 1 fully saturated rings. The average molecular weight is 289 g/mol. The SMILES string of the molecule is C[C@@H](NC(=O)[C@@H]1COCCN1)c1ccc2c(c1)CC(=O)N2. The smallest absolute Gasteiger partial charge is 0.240 e. The van der Waals surface area contributed by atoms with Crippen LogP contribution in [0.3, 0.4) is 0 Å². The number of ether oxygens (including phenoxy) is 1. The number of anilines is 1. The normalized spacial score (nSPS) is 22.3. The van der Waals surface area contributed by atoms with Crippen molar-refractivity contribution in [2.45, 2.75) is 25.4 Å². The van der Waals surface area contributed by atoms with Crippen LogP contribution in [0.2, 0.25) is 0 Å². The summed E-state index contributed by atoms with van der Waals surface area (Å²) >= 11 is 0. The number of carbonyl (C=O) groups excluding carboxylic acids is 2. The zero-order chi connectivity index (χ0) is 14.8. The van der Waals surface area contributed by atoms with Gasteiger partial charge in [0, 0.05) is 12.2 Å². The molecule has 0 bridgehead atoms. The van der Waals surface area contributed by atoms with Gasteiger partial charge in [0.05, 0.1) is 25.7 Å². The van der Waals surface area contributed by atoms with Crippen LogP contribution in [0.5, 0.6) is 0 Å². The van der Waals surface area contributed by atoms with E-state index in [0.29, 0.717) is 26.2 Å². The molecule has 1 aromatic carbocycles. The van der Waals surface area contributed by atoms with Gasteiger partial charge >= 0.3 is 0 Å². The molecule has 6 heteroatoms. The van der Waals surface area contributed by atoms with Crippen molar-refractivity contribution in [3.63, 3.8) is 0 Å². The Morgan fingerprint density at radius 2 is 2.33 bits per heavy atom. The number of hydrogen-bond donors (Lipinski definition) is 3. The Hall–Kier alpha value is -1.92. The molecule has 3 N–H and O–H groups in total. The van der Waals surface area contributed by atoms with Gasteiger partial charge in [0.25, 0.3) is 0 Å². The largest absolute Gasteiger partial charge is 0.378 e. The summed E-state index contributed by atoms with van der Waals surface area (Å²) in [7, 11) is 0. The third-order valence-corrected chi connectivity index (χ3v) is 3.85. The summed E-state index contributed by atoms with van der Waals surface area (Å²) in [5, 5.41) is 8.92. The second kappa shape index (κ2) is 5.83. The molecule has 6 nitrogen and oxygen atoms in total. The van der Waals surface area contributed by atoms with Crippen LogP contribution in [0, 0.1) is 0 Å². The van der Waals surface area contributed by atoms with Gasteiger partial charge in [0.1, 0.15) is 6.04 Å². The Balaban J connectivity index is 1.65. The molecular formula is C15H19N3O3. The topological polar surface area (TPSA) is 79.5 Å². The van der Waals surface area contributed by atoms with Crippen LogP contribution in [0.15, 0.2) is 18.2 Å². The van der Waals surface area contributed by atoms with E-state index in [2.05, 4.69) is 16.0 Å². The highest BCUT2D eigenvalue weighted by molar-refractivity contribution is 5.99. The maximum Gasteiger partial charge on any atom is 0.240 e. The lowest BCUT2D eigenvalue weighted by Gasteiger charge is -2.25. The molecule has 0 spiro atoms. The van der Waals surface area contributed by atoms with Crippen LogP contribution in [0.25, 0.3) is 0 Å². The number of morpholine rings is 1. The quantitative estimate of drug-likeness (QED) is 0.750. The van der Waals surface area contributed by atoms with Crippen molar-refractivity contribution in [1.29, 1.82) is 0 Å². The first-order valence-corrected chi connectivity index (χ1v) is 7.17. The number of benzene rings is 1. The van der Waals surface area contributed by atoms with Gasteiger partial charge in [-0.3, -0.25) is 9.59 Å². The Morgan fingerprint density at radius 3 is 3.10 bits per heavy atom. The first kappa shape index (κ1) is 14.0. The molecule has 1 saturated heterocycles. The first-order chi connectivity index (χ1) is 10.1. The van der Waals surface area contributed by atoms with Crippen LogP contribution in [-0.4, -0.2) is 37.6 Å². The van der Waals surface area contributed by atoms with Gasteiger partial charge in [0.2, 0.25) is 11.8 Å². The fourth-order valence-corrected chi connectivity index (χ4v) is 2.65. The molecule has 2 amide bonds. The summed E-state index contributed by atoms with van der Waals surface area (Å²) in [6.45, 7) is 3.68. The number of amides is 2. The molecule has 21 heavy (non-hydrogen) atoms. The van der Waals surface area contributed by atoms with E-state index in [1.165, 1.54) is 0 Å². The highest BCUT2D eigenvalue weighted by Gasteiger charge is 2.24. The summed E-state index contributed by atoms with van der Waals surface area (Å²) in [5.74, 6) is -0.0423. The van der Waals surface area contributed by atoms with E-state index >= 15 is 0 Å². The molecule has 1 aromatic rings.